The average molecular weight is 360 g/mol. The first-order valence-electron chi connectivity index (χ1n) is 7.66. The zero-order valence-electron chi connectivity index (χ0n) is 12.8. The van der Waals surface area contributed by atoms with Crippen LogP contribution in [0.25, 0.3) is 0 Å². The van der Waals surface area contributed by atoms with E-state index in [9.17, 15) is 9.59 Å². The summed E-state index contributed by atoms with van der Waals surface area (Å²) in [5.74, 6) is 0.0987. The number of ether oxygens (including phenoxy) is 1. The molecule has 8 heteroatoms. The van der Waals surface area contributed by atoms with E-state index in [2.05, 4.69) is 0 Å². The van der Waals surface area contributed by atoms with Gasteiger partial charge in [-0.05, 0) is 24.3 Å². The van der Waals surface area contributed by atoms with Gasteiger partial charge in [0.2, 0.25) is 0 Å². The van der Waals surface area contributed by atoms with E-state index < -0.39 is 0 Å². The molecule has 0 aromatic carbocycles. The SMILES string of the molecule is Cl.NC[C@H]1CC[C@@H](C(=O)N2CCN(C(=O)c3cccs3)CC2)O1. The van der Waals surface area contributed by atoms with Gasteiger partial charge in [0.25, 0.3) is 11.8 Å². The van der Waals surface area contributed by atoms with Gasteiger partial charge in [0, 0.05) is 32.7 Å². The average Bonchev–Trinajstić information content (AvgIpc) is 3.25. The Kier molecular flexibility index (Phi) is 6.41. The number of hydrogen-bond acceptors (Lipinski definition) is 5. The summed E-state index contributed by atoms with van der Waals surface area (Å²) in [6.07, 6.45) is 1.25. The van der Waals surface area contributed by atoms with Crippen LogP contribution >= 0.6 is 23.7 Å². The van der Waals surface area contributed by atoms with Crippen LogP contribution in [-0.4, -0.2) is 66.5 Å². The Morgan fingerprint density at radius 1 is 1.22 bits per heavy atom. The van der Waals surface area contributed by atoms with Crippen molar-refractivity contribution in [3.05, 3.63) is 22.4 Å². The third kappa shape index (κ3) is 4.03. The minimum Gasteiger partial charge on any atom is -0.364 e. The Morgan fingerprint density at radius 3 is 2.48 bits per heavy atom. The molecule has 0 unspecified atom stereocenters. The van der Waals surface area contributed by atoms with Crippen LogP contribution in [0.4, 0.5) is 0 Å². The van der Waals surface area contributed by atoms with Crippen molar-refractivity contribution in [3.63, 3.8) is 0 Å². The van der Waals surface area contributed by atoms with Crippen LogP contribution in [0.3, 0.4) is 0 Å². The van der Waals surface area contributed by atoms with E-state index in [1.54, 1.807) is 0 Å². The molecule has 1 aromatic heterocycles. The molecule has 0 spiro atoms. The first-order chi connectivity index (χ1) is 10.7. The van der Waals surface area contributed by atoms with Crippen molar-refractivity contribution in [3.8, 4) is 0 Å². The van der Waals surface area contributed by atoms with Crippen LogP contribution < -0.4 is 5.73 Å². The summed E-state index contributed by atoms with van der Waals surface area (Å²) in [5, 5.41) is 1.90. The maximum absolute atomic E-state index is 12.4. The lowest BCUT2D eigenvalue weighted by Crippen LogP contribution is -2.52. The number of thiophene rings is 1. The molecule has 2 amide bonds. The lowest BCUT2D eigenvalue weighted by atomic mass is 10.1. The van der Waals surface area contributed by atoms with Crippen LogP contribution in [0.15, 0.2) is 17.5 Å². The first kappa shape index (κ1) is 18.2. The highest BCUT2D eigenvalue weighted by Crippen LogP contribution is 2.21. The Bertz CT molecular complexity index is 532. The van der Waals surface area contributed by atoms with Gasteiger partial charge in [0.1, 0.15) is 6.10 Å². The Labute approximate surface area is 146 Å². The molecule has 23 heavy (non-hydrogen) atoms. The summed E-state index contributed by atoms with van der Waals surface area (Å²) in [7, 11) is 0. The zero-order chi connectivity index (χ0) is 15.5. The number of nitrogens with zero attached hydrogens (tertiary/aromatic N) is 2. The molecule has 0 aliphatic carbocycles. The molecule has 2 aliphatic heterocycles. The molecule has 0 saturated carbocycles. The van der Waals surface area contributed by atoms with E-state index >= 15 is 0 Å². The topological polar surface area (TPSA) is 75.9 Å². The largest absolute Gasteiger partial charge is 0.364 e. The molecule has 0 bridgehead atoms. The Hall–Kier alpha value is -1.15. The molecule has 2 N–H and O–H groups in total. The standard InChI is InChI=1S/C15H21N3O3S.ClH/c16-10-11-3-4-12(21-11)14(19)17-5-7-18(8-6-17)15(20)13-2-1-9-22-13;/h1-2,9,11-12H,3-8,10,16H2;1H/t11-,12+;/m1./s1. The number of piperazine rings is 1. The van der Waals surface area contributed by atoms with E-state index in [0.717, 1.165) is 17.7 Å². The van der Waals surface area contributed by atoms with E-state index in [0.29, 0.717) is 32.7 Å². The summed E-state index contributed by atoms with van der Waals surface area (Å²) in [6.45, 7) is 2.77. The predicted octanol–water partition coefficient (Wildman–Crippen LogP) is 0.961. The van der Waals surface area contributed by atoms with Crippen molar-refractivity contribution >= 4 is 35.6 Å². The van der Waals surface area contributed by atoms with Crippen LogP contribution in [0.2, 0.25) is 0 Å². The van der Waals surface area contributed by atoms with Crippen molar-refractivity contribution in [1.29, 1.82) is 0 Å². The van der Waals surface area contributed by atoms with Crippen LogP contribution in [0.5, 0.6) is 0 Å². The van der Waals surface area contributed by atoms with Gasteiger partial charge in [0.15, 0.2) is 0 Å². The van der Waals surface area contributed by atoms with Crippen LogP contribution in [0, 0.1) is 0 Å². The van der Waals surface area contributed by atoms with E-state index in [-0.39, 0.29) is 36.4 Å². The molecule has 0 radical (unpaired) electrons. The number of carbonyl (C=O) groups is 2. The van der Waals surface area contributed by atoms with Gasteiger partial charge in [-0.1, -0.05) is 6.07 Å². The monoisotopic (exact) mass is 359 g/mol. The second kappa shape index (κ2) is 8.10. The number of halogens is 1. The second-order valence-electron chi connectivity index (χ2n) is 5.65. The van der Waals surface area contributed by atoms with Gasteiger partial charge in [-0.2, -0.15) is 0 Å². The summed E-state index contributed by atoms with van der Waals surface area (Å²) < 4.78 is 5.66. The molecule has 2 fully saturated rings. The van der Waals surface area contributed by atoms with Crippen LogP contribution in [-0.2, 0) is 9.53 Å². The lowest BCUT2D eigenvalue weighted by Gasteiger charge is -2.35. The third-order valence-corrected chi connectivity index (χ3v) is 5.11. The fourth-order valence-corrected chi connectivity index (χ4v) is 3.64. The van der Waals surface area contributed by atoms with Crippen molar-refractivity contribution < 1.29 is 14.3 Å². The highest BCUT2D eigenvalue weighted by molar-refractivity contribution is 7.12. The smallest absolute Gasteiger partial charge is 0.264 e. The number of amides is 2. The Morgan fingerprint density at radius 2 is 1.91 bits per heavy atom. The molecule has 2 saturated heterocycles. The number of hydrogen-bond donors (Lipinski definition) is 1. The zero-order valence-corrected chi connectivity index (χ0v) is 14.5. The molecule has 1 aromatic rings. The van der Waals surface area contributed by atoms with Gasteiger partial charge < -0.3 is 20.3 Å². The highest BCUT2D eigenvalue weighted by atomic mass is 35.5. The quantitative estimate of drug-likeness (QED) is 0.872. The van der Waals surface area contributed by atoms with Crippen molar-refractivity contribution in [1.82, 2.24) is 9.80 Å². The number of rotatable bonds is 3. The minimum absolute atomic E-state index is 0. The second-order valence-corrected chi connectivity index (χ2v) is 6.60. The van der Waals surface area contributed by atoms with E-state index in [4.69, 9.17) is 10.5 Å². The number of carbonyl (C=O) groups excluding carboxylic acids is 2. The van der Waals surface area contributed by atoms with E-state index in [1.807, 2.05) is 27.3 Å². The van der Waals surface area contributed by atoms with Gasteiger partial charge in [-0.15, -0.1) is 23.7 Å². The molecule has 2 aliphatic rings. The maximum atomic E-state index is 12.4. The van der Waals surface area contributed by atoms with Crippen molar-refractivity contribution in [2.45, 2.75) is 25.0 Å². The summed E-state index contributed by atoms with van der Waals surface area (Å²) in [5.41, 5.74) is 5.58. The summed E-state index contributed by atoms with van der Waals surface area (Å²) >= 11 is 1.45. The van der Waals surface area contributed by atoms with Gasteiger partial charge >= 0.3 is 0 Å². The van der Waals surface area contributed by atoms with Crippen LogP contribution in [0.1, 0.15) is 22.5 Å². The molecule has 3 heterocycles. The van der Waals surface area contributed by atoms with Gasteiger partial charge in [-0.25, -0.2) is 0 Å². The third-order valence-electron chi connectivity index (χ3n) is 4.26. The molecule has 3 rings (SSSR count). The molecule has 2 atom stereocenters. The first-order valence-corrected chi connectivity index (χ1v) is 8.54. The van der Waals surface area contributed by atoms with Crippen molar-refractivity contribution in [2.75, 3.05) is 32.7 Å². The van der Waals surface area contributed by atoms with Gasteiger partial charge in [-0.3, -0.25) is 9.59 Å². The maximum Gasteiger partial charge on any atom is 0.264 e. The normalized spacial score (nSPS) is 24.4. The summed E-state index contributed by atoms with van der Waals surface area (Å²) in [6, 6.07) is 3.72. The minimum atomic E-state index is -0.354. The van der Waals surface area contributed by atoms with Gasteiger partial charge in [0.05, 0.1) is 11.0 Å². The van der Waals surface area contributed by atoms with Crippen molar-refractivity contribution in [2.24, 2.45) is 5.73 Å². The molecular weight excluding hydrogens is 338 g/mol. The highest BCUT2D eigenvalue weighted by Gasteiger charge is 2.34. The fraction of sp³-hybridized carbons (Fsp3) is 0.600. The predicted molar refractivity (Wildman–Crippen MR) is 91.0 cm³/mol. The Balaban J connectivity index is 0.00000192. The molecule has 6 nitrogen and oxygen atoms in total. The fourth-order valence-electron chi connectivity index (χ4n) is 2.95. The lowest BCUT2D eigenvalue weighted by molar-refractivity contribution is -0.144. The van der Waals surface area contributed by atoms with E-state index in [1.165, 1.54) is 11.3 Å². The summed E-state index contributed by atoms with van der Waals surface area (Å²) in [4.78, 5) is 29.1. The molecule has 128 valence electrons. The number of nitrogens with two attached hydrogens (primary N) is 1. The molecular formula is C15H22ClN3O3S.